The normalized spacial score (nSPS) is 37.3. The van der Waals surface area contributed by atoms with Gasteiger partial charge in [-0.05, 0) is 38.5 Å². The summed E-state index contributed by atoms with van der Waals surface area (Å²) in [5.41, 5.74) is 0. The summed E-state index contributed by atoms with van der Waals surface area (Å²) in [6.07, 6.45) is 1.19. The number of ether oxygens (including phenoxy) is 1. The lowest BCUT2D eigenvalue weighted by molar-refractivity contribution is -0.184. The molecule has 0 aromatic heterocycles. The summed E-state index contributed by atoms with van der Waals surface area (Å²) >= 11 is 0. The highest BCUT2D eigenvalue weighted by Crippen LogP contribution is 2.37. The van der Waals surface area contributed by atoms with E-state index >= 15 is 0 Å². The Morgan fingerprint density at radius 3 is 2.53 bits per heavy atom. The topological polar surface area (TPSA) is 21.3 Å². The Bertz CT molecular complexity index is 282. The fourth-order valence-corrected chi connectivity index (χ4v) is 3.29. The molecule has 2 rings (SSSR count). The monoisotopic (exact) mass is 279 g/mol. The lowest BCUT2D eigenvalue weighted by Gasteiger charge is -2.36. The van der Waals surface area contributed by atoms with Crippen molar-refractivity contribution in [3.8, 4) is 0 Å². The highest BCUT2D eigenvalue weighted by molar-refractivity contribution is 4.86. The van der Waals surface area contributed by atoms with Crippen LogP contribution in [0.15, 0.2) is 0 Å². The van der Waals surface area contributed by atoms with Gasteiger partial charge in [-0.2, -0.15) is 13.2 Å². The first-order valence-corrected chi connectivity index (χ1v) is 7.43. The largest absolute Gasteiger partial charge is 0.391 e. The summed E-state index contributed by atoms with van der Waals surface area (Å²) < 4.78 is 43.9. The van der Waals surface area contributed by atoms with E-state index in [-0.39, 0.29) is 18.6 Å². The molecule has 1 aliphatic carbocycles. The minimum Gasteiger partial charge on any atom is -0.378 e. The van der Waals surface area contributed by atoms with E-state index in [9.17, 15) is 13.2 Å². The predicted molar refractivity (Wildman–Crippen MR) is 68.0 cm³/mol. The van der Waals surface area contributed by atoms with Crippen molar-refractivity contribution in [1.82, 2.24) is 5.32 Å². The van der Waals surface area contributed by atoms with Crippen LogP contribution in [0.2, 0.25) is 0 Å². The minimum absolute atomic E-state index is 0.0287. The Kier molecular flexibility index (Phi) is 5.12. The van der Waals surface area contributed by atoms with E-state index in [2.05, 4.69) is 12.2 Å². The van der Waals surface area contributed by atoms with Crippen molar-refractivity contribution >= 4 is 0 Å². The summed E-state index contributed by atoms with van der Waals surface area (Å²) in [6.45, 7) is 2.82. The van der Waals surface area contributed by atoms with Crippen LogP contribution in [0, 0.1) is 5.92 Å². The molecule has 4 atom stereocenters. The summed E-state index contributed by atoms with van der Waals surface area (Å²) in [5.74, 6) is -1.11. The maximum atomic E-state index is 12.8. The van der Waals surface area contributed by atoms with Crippen molar-refractivity contribution in [2.24, 2.45) is 5.92 Å². The first-order chi connectivity index (χ1) is 8.99. The van der Waals surface area contributed by atoms with Gasteiger partial charge in [-0.3, -0.25) is 0 Å². The number of hydrogen-bond acceptors (Lipinski definition) is 2. The quantitative estimate of drug-likeness (QED) is 0.851. The SMILES string of the molecule is CCC1CC(NC2CCCC(C(F)(F)F)C2)CCO1. The first kappa shape index (κ1) is 15.1. The van der Waals surface area contributed by atoms with E-state index < -0.39 is 12.1 Å². The summed E-state index contributed by atoms with van der Waals surface area (Å²) in [5, 5.41) is 3.44. The molecule has 1 saturated carbocycles. The van der Waals surface area contributed by atoms with Crippen molar-refractivity contribution in [2.45, 2.75) is 76.2 Å². The third kappa shape index (κ3) is 4.35. The van der Waals surface area contributed by atoms with Gasteiger partial charge < -0.3 is 10.1 Å². The molecule has 0 aromatic rings. The van der Waals surface area contributed by atoms with E-state index in [1.165, 1.54) is 0 Å². The Morgan fingerprint density at radius 2 is 1.84 bits per heavy atom. The Morgan fingerprint density at radius 1 is 1.11 bits per heavy atom. The van der Waals surface area contributed by atoms with E-state index in [1.807, 2.05) is 0 Å². The van der Waals surface area contributed by atoms with Crippen LogP contribution in [-0.4, -0.2) is 31.0 Å². The first-order valence-electron chi connectivity index (χ1n) is 7.43. The van der Waals surface area contributed by atoms with Crippen LogP contribution in [0.3, 0.4) is 0 Å². The van der Waals surface area contributed by atoms with Crippen LogP contribution in [0.25, 0.3) is 0 Å². The molecule has 0 radical (unpaired) electrons. The fourth-order valence-electron chi connectivity index (χ4n) is 3.29. The number of alkyl halides is 3. The zero-order chi connectivity index (χ0) is 13.9. The number of halogens is 3. The molecule has 1 saturated heterocycles. The van der Waals surface area contributed by atoms with Crippen LogP contribution < -0.4 is 5.32 Å². The average molecular weight is 279 g/mol. The standard InChI is InChI=1S/C14H24F3NO/c1-2-13-9-12(6-7-19-13)18-11-5-3-4-10(8-11)14(15,16)17/h10-13,18H,2-9H2,1H3. The van der Waals surface area contributed by atoms with Gasteiger partial charge in [0.25, 0.3) is 0 Å². The second-order valence-corrected chi connectivity index (χ2v) is 5.89. The van der Waals surface area contributed by atoms with Crippen molar-refractivity contribution in [2.75, 3.05) is 6.61 Å². The number of rotatable bonds is 3. The van der Waals surface area contributed by atoms with Crippen molar-refractivity contribution in [3.05, 3.63) is 0 Å². The summed E-state index contributed by atoms with van der Waals surface area (Å²) in [4.78, 5) is 0. The van der Waals surface area contributed by atoms with Gasteiger partial charge in [-0.15, -0.1) is 0 Å². The molecule has 5 heteroatoms. The molecule has 0 spiro atoms. The van der Waals surface area contributed by atoms with E-state index in [4.69, 9.17) is 4.74 Å². The van der Waals surface area contributed by atoms with Crippen molar-refractivity contribution in [3.63, 3.8) is 0 Å². The van der Waals surface area contributed by atoms with Crippen LogP contribution in [0.1, 0.15) is 51.9 Å². The second kappa shape index (κ2) is 6.44. The molecule has 0 amide bonds. The molecule has 2 fully saturated rings. The molecule has 1 aliphatic heterocycles. The lowest BCUT2D eigenvalue weighted by Crippen LogP contribution is -2.47. The lowest BCUT2D eigenvalue weighted by atomic mass is 9.84. The van der Waals surface area contributed by atoms with Crippen LogP contribution >= 0.6 is 0 Å². The highest BCUT2D eigenvalue weighted by atomic mass is 19.4. The highest BCUT2D eigenvalue weighted by Gasteiger charge is 2.42. The van der Waals surface area contributed by atoms with Gasteiger partial charge in [0.2, 0.25) is 0 Å². The van der Waals surface area contributed by atoms with Gasteiger partial charge in [0.05, 0.1) is 12.0 Å². The third-order valence-corrected chi connectivity index (χ3v) is 4.43. The molecular weight excluding hydrogens is 255 g/mol. The Labute approximate surface area is 113 Å². The van der Waals surface area contributed by atoms with Crippen molar-refractivity contribution in [1.29, 1.82) is 0 Å². The van der Waals surface area contributed by atoms with Gasteiger partial charge >= 0.3 is 6.18 Å². The maximum Gasteiger partial charge on any atom is 0.391 e. The predicted octanol–water partition coefficient (Wildman–Crippen LogP) is 3.65. The smallest absolute Gasteiger partial charge is 0.378 e. The Balaban J connectivity index is 1.82. The van der Waals surface area contributed by atoms with Crippen LogP contribution in [0.5, 0.6) is 0 Å². The van der Waals surface area contributed by atoms with Crippen LogP contribution in [0.4, 0.5) is 13.2 Å². The minimum atomic E-state index is -4.03. The van der Waals surface area contributed by atoms with Gasteiger partial charge in [0.15, 0.2) is 0 Å². The molecule has 2 aliphatic rings. The molecule has 19 heavy (non-hydrogen) atoms. The molecule has 112 valence electrons. The molecule has 2 nitrogen and oxygen atoms in total. The molecule has 1 heterocycles. The Hall–Kier alpha value is -0.290. The zero-order valence-corrected chi connectivity index (χ0v) is 11.5. The summed E-state index contributed by atoms with van der Waals surface area (Å²) in [6, 6.07) is 0.358. The van der Waals surface area contributed by atoms with Gasteiger partial charge in [0, 0.05) is 18.7 Å². The zero-order valence-electron chi connectivity index (χ0n) is 11.5. The maximum absolute atomic E-state index is 12.8. The van der Waals surface area contributed by atoms with Crippen LogP contribution in [-0.2, 0) is 4.74 Å². The van der Waals surface area contributed by atoms with E-state index in [0.717, 1.165) is 32.3 Å². The average Bonchev–Trinajstić information content (AvgIpc) is 2.38. The molecular formula is C14H24F3NO. The molecule has 0 aromatic carbocycles. The molecule has 1 N–H and O–H groups in total. The fraction of sp³-hybridized carbons (Fsp3) is 1.00. The second-order valence-electron chi connectivity index (χ2n) is 5.89. The number of hydrogen-bond donors (Lipinski definition) is 1. The van der Waals surface area contributed by atoms with E-state index in [1.54, 1.807) is 0 Å². The molecule has 0 bridgehead atoms. The summed E-state index contributed by atoms with van der Waals surface area (Å²) in [7, 11) is 0. The number of nitrogens with one attached hydrogen (secondary N) is 1. The molecule has 4 unspecified atom stereocenters. The van der Waals surface area contributed by atoms with Gasteiger partial charge in [-0.25, -0.2) is 0 Å². The van der Waals surface area contributed by atoms with E-state index in [0.29, 0.717) is 18.9 Å². The third-order valence-electron chi connectivity index (χ3n) is 4.43. The van der Waals surface area contributed by atoms with Gasteiger partial charge in [0.1, 0.15) is 0 Å². The van der Waals surface area contributed by atoms with Gasteiger partial charge in [-0.1, -0.05) is 13.3 Å². The van der Waals surface area contributed by atoms with Crippen molar-refractivity contribution < 1.29 is 17.9 Å².